The fourth-order valence-corrected chi connectivity index (χ4v) is 3.38. The molecule has 0 aromatic carbocycles. The van der Waals surface area contributed by atoms with Gasteiger partial charge in [-0.1, -0.05) is 0 Å². The minimum atomic E-state index is -0.0521. The van der Waals surface area contributed by atoms with E-state index in [1.54, 1.807) is 18.7 Å². The SMILES string of the molecule is Cc1nc(N(C)C)ncc1C(=O)N1CCN(Cc2ccoc2)[C@H](CCO)C1. The largest absolute Gasteiger partial charge is 0.472 e. The lowest BCUT2D eigenvalue weighted by molar-refractivity contribution is 0.0393. The molecule has 1 aliphatic rings. The van der Waals surface area contributed by atoms with Gasteiger partial charge < -0.3 is 19.3 Å². The topological polar surface area (TPSA) is 85.9 Å². The second-order valence-corrected chi connectivity index (χ2v) is 7.08. The number of hydrogen-bond acceptors (Lipinski definition) is 7. The van der Waals surface area contributed by atoms with E-state index in [4.69, 9.17) is 4.42 Å². The van der Waals surface area contributed by atoms with Crippen LogP contribution in [0.2, 0.25) is 0 Å². The highest BCUT2D eigenvalue weighted by Gasteiger charge is 2.30. The van der Waals surface area contributed by atoms with Crippen LogP contribution in [0, 0.1) is 6.92 Å². The van der Waals surface area contributed by atoms with Crippen molar-refractivity contribution < 1.29 is 14.3 Å². The Morgan fingerprint density at radius 2 is 2.22 bits per heavy atom. The van der Waals surface area contributed by atoms with Gasteiger partial charge in [0, 0.05) is 64.7 Å². The highest BCUT2D eigenvalue weighted by molar-refractivity contribution is 5.95. The third-order valence-corrected chi connectivity index (χ3v) is 4.92. The van der Waals surface area contributed by atoms with Crippen LogP contribution < -0.4 is 4.90 Å². The molecule has 1 atom stereocenters. The molecular weight excluding hydrogens is 346 g/mol. The van der Waals surface area contributed by atoms with Gasteiger partial charge in [-0.3, -0.25) is 9.69 Å². The van der Waals surface area contributed by atoms with E-state index in [1.165, 1.54) is 0 Å². The Hall–Kier alpha value is -2.45. The first-order valence-corrected chi connectivity index (χ1v) is 9.15. The number of anilines is 1. The standard InChI is InChI=1S/C19H27N5O3/c1-14-17(10-20-19(21-14)22(2)3)18(26)24-7-6-23(16(12-24)4-8-25)11-15-5-9-27-13-15/h5,9-10,13,16,25H,4,6-8,11-12H2,1-3H3/t16-/m1/s1. The van der Waals surface area contributed by atoms with Gasteiger partial charge in [-0.15, -0.1) is 0 Å². The molecule has 1 amide bonds. The Morgan fingerprint density at radius 1 is 1.41 bits per heavy atom. The van der Waals surface area contributed by atoms with E-state index in [0.717, 1.165) is 18.7 Å². The zero-order valence-corrected chi connectivity index (χ0v) is 16.1. The number of aromatic nitrogens is 2. The van der Waals surface area contributed by atoms with Crippen LogP contribution in [0.1, 0.15) is 28.0 Å². The lowest BCUT2D eigenvalue weighted by Gasteiger charge is -2.41. The van der Waals surface area contributed by atoms with Crippen LogP contribution in [-0.2, 0) is 6.54 Å². The molecule has 8 nitrogen and oxygen atoms in total. The molecule has 27 heavy (non-hydrogen) atoms. The summed E-state index contributed by atoms with van der Waals surface area (Å²) < 4.78 is 5.15. The summed E-state index contributed by atoms with van der Waals surface area (Å²) in [5, 5.41) is 9.46. The molecule has 3 rings (SSSR count). The molecule has 0 spiro atoms. The van der Waals surface area contributed by atoms with E-state index < -0.39 is 0 Å². The molecular formula is C19H27N5O3. The van der Waals surface area contributed by atoms with Crippen molar-refractivity contribution in [2.75, 3.05) is 45.2 Å². The van der Waals surface area contributed by atoms with Gasteiger partial charge in [-0.2, -0.15) is 0 Å². The van der Waals surface area contributed by atoms with Crippen molar-refractivity contribution in [1.82, 2.24) is 19.8 Å². The van der Waals surface area contributed by atoms with Crippen molar-refractivity contribution in [1.29, 1.82) is 0 Å². The zero-order valence-electron chi connectivity index (χ0n) is 16.1. The van der Waals surface area contributed by atoms with E-state index >= 15 is 0 Å². The van der Waals surface area contributed by atoms with Crippen molar-refractivity contribution in [2.24, 2.45) is 0 Å². The Morgan fingerprint density at radius 3 is 2.85 bits per heavy atom. The molecule has 1 saturated heterocycles. The highest BCUT2D eigenvalue weighted by atomic mass is 16.3. The molecule has 2 aromatic heterocycles. The normalized spacial score (nSPS) is 17.9. The fourth-order valence-electron chi connectivity index (χ4n) is 3.38. The van der Waals surface area contributed by atoms with Crippen LogP contribution >= 0.6 is 0 Å². The smallest absolute Gasteiger partial charge is 0.257 e. The van der Waals surface area contributed by atoms with E-state index in [-0.39, 0.29) is 18.6 Å². The number of carbonyl (C=O) groups is 1. The number of furan rings is 1. The average Bonchev–Trinajstić information content (AvgIpc) is 3.15. The lowest BCUT2D eigenvalue weighted by Crippen LogP contribution is -2.54. The minimum Gasteiger partial charge on any atom is -0.472 e. The van der Waals surface area contributed by atoms with Gasteiger partial charge in [0.2, 0.25) is 5.95 Å². The molecule has 3 heterocycles. The number of nitrogens with zero attached hydrogens (tertiary/aromatic N) is 5. The quantitative estimate of drug-likeness (QED) is 0.813. The van der Waals surface area contributed by atoms with Crippen molar-refractivity contribution in [3.63, 3.8) is 0 Å². The number of piperazine rings is 1. The first kappa shape index (κ1) is 19.3. The van der Waals surface area contributed by atoms with Crippen molar-refractivity contribution in [2.45, 2.75) is 25.9 Å². The third-order valence-electron chi connectivity index (χ3n) is 4.92. The van der Waals surface area contributed by atoms with E-state index in [1.807, 2.05) is 36.9 Å². The van der Waals surface area contributed by atoms with Gasteiger partial charge in [0.05, 0.1) is 23.8 Å². The molecule has 0 radical (unpaired) electrons. The predicted molar refractivity (Wildman–Crippen MR) is 102 cm³/mol. The summed E-state index contributed by atoms with van der Waals surface area (Å²) in [6.45, 7) is 4.64. The van der Waals surface area contributed by atoms with Crippen LogP contribution in [0.5, 0.6) is 0 Å². The second kappa shape index (κ2) is 8.49. The van der Waals surface area contributed by atoms with Crippen molar-refractivity contribution in [3.8, 4) is 0 Å². The molecule has 0 unspecified atom stereocenters. The maximum Gasteiger partial charge on any atom is 0.257 e. The molecule has 0 saturated carbocycles. The minimum absolute atomic E-state index is 0.0521. The highest BCUT2D eigenvalue weighted by Crippen LogP contribution is 2.20. The molecule has 0 aliphatic carbocycles. The van der Waals surface area contributed by atoms with Crippen LogP contribution in [0.15, 0.2) is 29.2 Å². The van der Waals surface area contributed by atoms with E-state index in [2.05, 4.69) is 14.9 Å². The molecule has 146 valence electrons. The molecule has 1 N–H and O–H groups in total. The number of carbonyl (C=O) groups excluding carboxylic acids is 1. The van der Waals surface area contributed by atoms with Crippen LogP contribution in [0.4, 0.5) is 5.95 Å². The first-order chi connectivity index (χ1) is 13.0. The Kier molecular flexibility index (Phi) is 6.08. The average molecular weight is 373 g/mol. The molecule has 2 aromatic rings. The molecule has 1 aliphatic heterocycles. The number of amides is 1. The summed E-state index contributed by atoms with van der Waals surface area (Å²) in [7, 11) is 3.74. The number of hydrogen-bond donors (Lipinski definition) is 1. The summed E-state index contributed by atoms with van der Waals surface area (Å²) in [6, 6.07) is 2.05. The Labute approximate surface area is 159 Å². The third kappa shape index (κ3) is 4.45. The predicted octanol–water partition coefficient (Wildman–Crippen LogP) is 1.15. The summed E-state index contributed by atoms with van der Waals surface area (Å²) >= 11 is 0. The number of aryl methyl sites for hydroxylation is 1. The Balaban J connectivity index is 1.71. The van der Waals surface area contributed by atoms with Gasteiger partial charge >= 0.3 is 0 Å². The second-order valence-electron chi connectivity index (χ2n) is 7.08. The van der Waals surface area contributed by atoms with Gasteiger partial charge in [-0.25, -0.2) is 9.97 Å². The zero-order chi connectivity index (χ0) is 19.4. The maximum atomic E-state index is 13.0. The van der Waals surface area contributed by atoms with Crippen LogP contribution in [0.3, 0.4) is 0 Å². The lowest BCUT2D eigenvalue weighted by atomic mass is 10.1. The Bertz CT molecular complexity index is 763. The first-order valence-electron chi connectivity index (χ1n) is 9.15. The molecule has 0 bridgehead atoms. The van der Waals surface area contributed by atoms with Crippen molar-refractivity contribution >= 4 is 11.9 Å². The summed E-state index contributed by atoms with van der Waals surface area (Å²) in [5.41, 5.74) is 2.31. The number of rotatable bonds is 6. The summed E-state index contributed by atoms with van der Waals surface area (Å²) in [4.78, 5) is 27.7. The number of aliphatic hydroxyl groups excluding tert-OH is 1. The van der Waals surface area contributed by atoms with E-state index in [0.29, 0.717) is 36.7 Å². The summed E-state index contributed by atoms with van der Waals surface area (Å²) in [6.07, 6.45) is 5.63. The summed E-state index contributed by atoms with van der Waals surface area (Å²) in [5.74, 6) is 0.538. The van der Waals surface area contributed by atoms with Crippen LogP contribution in [-0.4, -0.2) is 77.2 Å². The van der Waals surface area contributed by atoms with Crippen molar-refractivity contribution in [3.05, 3.63) is 41.6 Å². The van der Waals surface area contributed by atoms with Crippen LogP contribution in [0.25, 0.3) is 0 Å². The van der Waals surface area contributed by atoms with Gasteiger partial charge in [0.15, 0.2) is 0 Å². The molecule has 1 fully saturated rings. The molecule has 8 heteroatoms. The van der Waals surface area contributed by atoms with Gasteiger partial charge in [0.25, 0.3) is 5.91 Å². The van der Waals surface area contributed by atoms with E-state index in [9.17, 15) is 9.90 Å². The number of aliphatic hydroxyl groups is 1. The van der Waals surface area contributed by atoms with Gasteiger partial charge in [0.1, 0.15) is 0 Å². The maximum absolute atomic E-state index is 13.0. The van der Waals surface area contributed by atoms with Gasteiger partial charge in [-0.05, 0) is 19.4 Å². The fraction of sp³-hybridized carbons (Fsp3) is 0.526. The monoisotopic (exact) mass is 373 g/mol.